The van der Waals surface area contributed by atoms with Gasteiger partial charge < -0.3 is 24.3 Å². The van der Waals surface area contributed by atoms with Crippen LogP contribution in [0.25, 0.3) is 0 Å². The molecule has 1 amide bonds. The summed E-state index contributed by atoms with van der Waals surface area (Å²) in [6.45, 7) is 0. The van der Waals surface area contributed by atoms with Crippen molar-refractivity contribution in [3.05, 3.63) is 53.6 Å². The van der Waals surface area contributed by atoms with Crippen molar-refractivity contribution in [2.45, 2.75) is 37.8 Å². The number of carbonyl (C=O) groups is 2. The van der Waals surface area contributed by atoms with Crippen molar-refractivity contribution in [2.75, 3.05) is 21.3 Å². The average Bonchev–Trinajstić information content (AvgIpc) is 2.79. The zero-order chi connectivity index (χ0) is 21.5. The molecule has 2 aromatic carbocycles. The van der Waals surface area contributed by atoms with Crippen molar-refractivity contribution in [3.8, 4) is 17.2 Å². The summed E-state index contributed by atoms with van der Waals surface area (Å²) in [6, 6.07) is 12.1. The summed E-state index contributed by atoms with van der Waals surface area (Å²) >= 11 is 0. The summed E-state index contributed by atoms with van der Waals surface area (Å²) in [5.74, 6) is 1.31. The summed E-state index contributed by atoms with van der Waals surface area (Å²) in [4.78, 5) is 24.0. The Bertz CT molecular complexity index is 872. The first-order valence-electron chi connectivity index (χ1n) is 9.92. The van der Waals surface area contributed by atoms with Crippen LogP contribution in [-0.2, 0) is 4.74 Å². The summed E-state index contributed by atoms with van der Waals surface area (Å²) in [7, 11) is 4.51. The molecule has 30 heavy (non-hydrogen) atoms. The van der Waals surface area contributed by atoms with E-state index in [1.165, 1.54) is 7.11 Å². The first kappa shape index (κ1) is 21.5. The number of nitrogens with one attached hydrogen (secondary N) is 1. The monoisotopic (exact) mass is 413 g/mol. The van der Waals surface area contributed by atoms with Crippen molar-refractivity contribution in [3.63, 3.8) is 0 Å². The molecule has 0 saturated heterocycles. The number of para-hydroxylation sites is 1. The third-order valence-electron chi connectivity index (χ3n) is 5.24. The van der Waals surface area contributed by atoms with Gasteiger partial charge in [0.1, 0.15) is 0 Å². The lowest BCUT2D eigenvalue weighted by Crippen LogP contribution is -2.39. The number of hydrogen-bond acceptors (Lipinski definition) is 6. The zero-order valence-corrected chi connectivity index (χ0v) is 17.5. The van der Waals surface area contributed by atoms with Gasteiger partial charge in [0.15, 0.2) is 11.5 Å². The number of hydrogen-bond donors (Lipinski definition) is 1. The van der Waals surface area contributed by atoms with Crippen molar-refractivity contribution in [2.24, 2.45) is 0 Å². The fourth-order valence-electron chi connectivity index (χ4n) is 3.60. The molecule has 1 saturated carbocycles. The van der Waals surface area contributed by atoms with Crippen LogP contribution in [-0.4, -0.2) is 45.4 Å². The SMILES string of the molecule is COC(=O)c1ccc(C(=O)NC2CCC(Oc3cccc(OC)c3OC)CC2)cc1. The molecular weight excluding hydrogens is 386 g/mol. The molecule has 7 nitrogen and oxygen atoms in total. The molecule has 1 aliphatic carbocycles. The molecule has 0 spiro atoms. The molecular formula is C23H27NO6. The van der Waals surface area contributed by atoms with Gasteiger partial charge in [0.2, 0.25) is 5.75 Å². The fourth-order valence-corrected chi connectivity index (χ4v) is 3.60. The minimum absolute atomic E-state index is 0.0542. The molecule has 1 N–H and O–H groups in total. The largest absolute Gasteiger partial charge is 0.493 e. The molecule has 160 valence electrons. The van der Waals surface area contributed by atoms with E-state index in [4.69, 9.17) is 14.2 Å². The lowest BCUT2D eigenvalue weighted by atomic mass is 9.92. The van der Waals surface area contributed by atoms with Crippen LogP contribution >= 0.6 is 0 Å². The van der Waals surface area contributed by atoms with Crippen molar-refractivity contribution in [1.29, 1.82) is 0 Å². The van der Waals surface area contributed by atoms with Crippen molar-refractivity contribution < 1.29 is 28.5 Å². The fraction of sp³-hybridized carbons (Fsp3) is 0.391. The molecule has 3 rings (SSSR count). The quantitative estimate of drug-likeness (QED) is 0.698. The van der Waals surface area contributed by atoms with Gasteiger partial charge in [0, 0.05) is 11.6 Å². The number of esters is 1. The lowest BCUT2D eigenvalue weighted by Gasteiger charge is -2.30. The molecule has 0 atom stereocenters. The Labute approximate surface area is 176 Å². The molecule has 1 fully saturated rings. The van der Waals surface area contributed by atoms with Crippen LogP contribution in [0.4, 0.5) is 0 Å². The maximum atomic E-state index is 12.5. The van der Waals surface area contributed by atoms with E-state index < -0.39 is 5.97 Å². The van der Waals surface area contributed by atoms with E-state index in [0.717, 1.165) is 25.7 Å². The third-order valence-corrected chi connectivity index (χ3v) is 5.24. The van der Waals surface area contributed by atoms with Crippen LogP contribution in [0.5, 0.6) is 17.2 Å². The molecule has 0 radical (unpaired) electrons. The third kappa shape index (κ3) is 5.03. The highest BCUT2D eigenvalue weighted by molar-refractivity contribution is 5.96. The molecule has 0 aromatic heterocycles. The Balaban J connectivity index is 1.52. The first-order valence-corrected chi connectivity index (χ1v) is 9.92. The molecule has 0 heterocycles. The first-order chi connectivity index (χ1) is 14.5. The summed E-state index contributed by atoms with van der Waals surface area (Å²) < 4.78 is 21.6. The lowest BCUT2D eigenvalue weighted by molar-refractivity contribution is 0.0600. The van der Waals surface area contributed by atoms with E-state index in [2.05, 4.69) is 10.1 Å². The molecule has 0 unspecified atom stereocenters. The van der Waals surface area contributed by atoms with Gasteiger partial charge in [-0.1, -0.05) is 6.07 Å². The Morgan fingerprint density at radius 3 is 2.07 bits per heavy atom. The predicted octanol–water partition coefficient (Wildman–Crippen LogP) is 3.61. The summed E-state index contributed by atoms with van der Waals surface area (Å²) in [5.41, 5.74) is 0.932. The van der Waals surface area contributed by atoms with E-state index in [9.17, 15) is 9.59 Å². The van der Waals surface area contributed by atoms with Gasteiger partial charge in [-0.3, -0.25) is 4.79 Å². The van der Waals surface area contributed by atoms with Crippen LogP contribution in [0, 0.1) is 0 Å². The van der Waals surface area contributed by atoms with Crippen LogP contribution in [0.2, 0.25) is 0 Å². The Kier molecular flexibility index (Phi) is 7.17. The van der Waals surface area contributed by atoms with Gasteiger partial charge in [-0.05, 0) is 62.1 Å². The second-order valence-corrected chi connectivity index (χ2v) is 7.13. The Morgan fingerprint density at radius 1 is 0.833 bits per heavy atom. The Morgan fingerprint density at radius 2 is 1.47 bits per heavy atom. The van der Waals surface area contributed by atoms with Gasteiger partial charge in [0.25, 0.3) is 5.91 Å². The van der Waals surface area contributed by atoms with Crippen molar-refractivity contribution >= 4 is 11.9 Å². The highest BCUT2D eigenvalue weighted by atomic mass is 16.5. The number of benzene rings is 2. The summed E-state index contributed by atoms with van der Waals surface area (Å²) in [5, 5.41) is 3.07. The van der Waals surface area contributed by atoms with Gasteiger partial charge in [-0.15, -0.1) is 0 Å². The van der Waals surface area contributed by atoms with E-state index in [-0.39, 0.29) is 18.1 Å². The van der Waals surface area contributed by atoms with Gasteiger partial charge in [-0.2, -0.15) is 0 Å². The highest BCUT2D eigenvalue weighted by Crippen LogP contribution is 2.38. The number of rotatable bonds is 7. The number of ether oxygens (including phenoxy) is 4. The smallest absolute Gasteiger partial charge is 0.337 e. The van der Waals surface area contributed by atoms with E-state index >= 15 is 0 Å². The van der Waals surface area contributed by atoms with E-state index in [1.54, 1.807) is 38.5 Å². The standard InChI is InChI=1S/C23H27NO6/c1-27-19-5-4-6-20(21(19)28-2)30-18-13-11-17(12-14-18)24-22(25)15-7-9-16(10-8-15)23(26)29-3/h4-10,17-18H,11-14H2,1-3H3,(H,24,25). The van der Waals surface area contributed by atoms with Gasteiger partial charge in [0.05, 0.1) is 33.0 Å². The minimum atomic E-state index is -0.423. The van der Waals surface area contributed by atoms with E-state index in [1.807, 2.05) is 18.2 Å². The van der Waals surface area contributed by atoms with Crippen LogP contribution in [0.15, 0.2) is 42.5 Å². The second kappa shape index (κ2) is 10.0. The summed E-state index contributed by atoms with van der Waals surface area (Å²) in [6.07, 6.45) is 3.35. The van der Waals surface area contributed by atoms with Gasteiger partial charge in [-0.25, -0.2) is 4.79 Å². The normalized spacial score (nSPS) is 18.2. The maximum absolute atomic E-state index is 12.5. The number of amides is 1. The second-order valence-electron chi connectivity index (χ2n) is 7.13. The average molecular weight is 413 g/mol. The Hall–Kier alpha value is -3.22. The maximum Gasteiger partial charge on any atom is 0.337 e. The molecule has 7 heteroatoms. The predicted molar refractivity (Wildman–Crippen MR) is 111 cm³/mol. The van der Waals surface area contributed by atoms with Crippen molar-refractivity contribution in [1.82, 2.24) is 5.32 Å². The molecule has 0 bridgehead atoms. The van der Waals surface area contributed by atoms with Gasteiger partial charge >= 0.3 is 5.97 Å². The van der Waals surface area contributed by atoms with E-state index in [0.29, 0.717) is 28.4 Å². The minimum Gasteiger partial charge on any atom is -0.493 e. The highest BCUT2D eigenvalue weighted by Gasteiger charge is 2.25. The van der Waals surface area contributed by atoms with Crippen LogP contribution < -0.4 is 19.5 Å². The molecule has 0 aliphatic heterocycles. The molecule has 1 aliphatic rings. The number of carbonyl (C=O) groups excluding carboxylic acids is 2. The molecule has 2 aromatic rings. The van der Waals surface area contributed by atoms with Crippen LogP contribution in [0.3, 0.4) is 0 Å². The van der Waals surface area contributed by atoms with Crippen LogP contribution in [0.1, 0.15) is 46.4 Å². The topological polar surface area (TPSA) is 83.1 Å². The zero-order valence-electron chi connectivity index (χ0n) is 17.5. The number of methoxy groups -OCH3 is 3.